The molecule has 0 spiro atoms. The van der Waals surface area contributed by atoms with Gasteiger partial charge in [0.15, 0.2) is 0 Å². The Morgan fingerprint density at radius 2 is 2.10 bits per heavy atom. The van der Waals surface area contributed by atoms with Crippen LogP contribution in [-0.4, -0.2) is 15.4 Å². The van der Waals surface area contributed by atoms with Gasteiger partial charge in [0, 0.05) is 24.0 Å². The molecule has 0 fully saturated rings. The Labute approximate surface area is 117 Å². The number of aromatic nitrogens is 2. The number of pyridine rings is 1. The first-order valence-electron chi connectivity index (χ1n) is 6.46. The smallest absolute Gasteiger partial charge is 0.110 e. The summed E-state index contributed by atoms with van der Waals surface area (Å²) in [5.41, 5.74) is 1.06. The lowest BCUT2D eigenvalue weighted by Gasteiger charge is -2.02. The molecule has 2 heterocycles. The topological polar surface area (TPSA) is 30.2 Å². The van der Waals surface area contributed by atoms with Crippen LogP contribution in [0.2, 0.25) is 0 Å². The molecule has 3 nitrogen and oxygen atoms in total. The van der Waals surface area contributed by atoms with E-state index in [-0.39, 0.29) is 0 Å². The van der Waals surface area contributed by atoms with Crippen molar-refractivity contribution < 1.29 is 0 Å². The zero-order valence-corrected chi connectivity index (χ0v) is 11.3. The normalized spacial score (nSPS) is 13.1. The molecule has 0 N–H and O–H groups in total. The van der Waals surface area contributed by atoms with Gasteiger partial charge in [-0.15, -0.1) is 0 Å². The maximum Gasteiger partial charge on any atom is 0.110 e. The minimum atomic E-state index is 0.899. The number of hydrogen-bond donors (Lipinski definition) is 0. The molecule has 0 aliphatic heterocycles. The van der Waals surface area contributed by atoms with Gasteiger partial charge in [0.2, 0.25) is 0 Å². The summed E-state index contributed by atoms with van der Waals surface area (Å²) in [5.74, 6) is 0.899. The largest absolute Gasteiger partial charge is 0.303 e. The van der Waals surface area contributed by atoms with E-state index in [1.165, 1.54) is 0 Å². The molecule has 3 aromatic rings. The molecule has 0 aliphatic rings. The third kappa shape index (κ3) is 2.26. The SMILES string of the molecule is C=c1cccc/c1=C/N=C(\C)n1ccc2ccncc21. The summed E-state index contributed by atoms with van der Waals surface area (Å²) in [4.78, 5) is 8.70. The molecular formula is C17H15N3. The van der Waals surface area contributed by atoms with Crippen LogP contribution >= 0.6 is 0 Å². The Bertz CT molecular complexity index is 888. The molecule has 1 aromatic carbocycles. The van der Waals surface area contributed by atoms with Crippen molar-refractivity contribution in [3.63, 3.8) is 0 Å². The van der Waals surface area contributed by atoms with Gasteiger partial charge in [0.1, 0.15) is 5.84 Å². The fraction of sp³-hybridized carbons (Fsp3) is 0.0588. The summed E-state index contributed by atoms with van der Waals surface area (Å²) in [6.45, 7) is 5.97. The van der Waals surface area contributed by atoms with E-state index in [9.17, 15) is 0 Å². The van der Waals surface area contributed by atoms with Gasteiger partial charge in [-0.1, -0.05) is 30.8 Å². The minimum absolute atomic E-state index is 0.899. The first-order valence-corrected chi connectivity index (χ1v) is 6.46. The summed E-state index contributed by atoms with van der Waals surface area (Å²) in [6, 6.07) is 12.0. The third-order valence-corrected chi connectivity index (χ3v) is 3.29. The van der Waals surface area contributed by atoms with Crippen molar-refractivity contribution in [2.75, 3.05) is 0 Å². The lowest BCUT2D eigenvalue weighted by Crippen LogP contribution is -2.21. The summed E-state index contributed by atoms with van der Waals surface area (Å²) in [5, 5.41) is 3.16. The highest BCUT2D eigenvalue weighted by atomic mass is 15.0. The van der Waals surface area contributed by atoms with E-state index in [1.54, 1.807) is 6.20 Å². The second-order valence-electron chi connectivity index (χ2n) is 4.62. The fourth-order valence-corrected chi connectivity index (χ4v) is 2.14. The van der Waals surface area contributed by atoms with Crippen LogP contribution in [0.4, 0.5) is 0 Å². The Kier molecular flexibility index (Phi) is 3.17. The molecule has 0 bridgehead atoms. The third-order valence-electron chi connectivity index (χ3n) is 3.29. The number of aliphatic imine (C=N–C) groups is 1. The summed E-state index contributed by atoms with van der Waals surface area (Å²) in [7, 11) is 0. The van der Waals surface area contributed by atoms with Crippen molar-refractivity contribution in [1.82, 2.24) is 9.55 Å². The number of fused-ring (bicyclic) bond motifs is 1. The van der Waals surface area contributed by atoms with Crippen molar-refractivity contribution in [2.24, 2.45) is 4.99 Å². The average Bonchev–Trinajstić information content (AvgIpc) is 2.90. The van der Waals surface area contributed by atoms with E-state index >= 15 is 0 Å². The first-order chi connectivity index (χ1) is 9.75. The maximum absolute atomic E-state index is 4.53. The Morgan fingerprint density at radius 1 is 1.25 bits per heavy atom. The van der Waals surface area contributed by atoms with Gasteiger partial charge in [-0.05, 0) is 29.5 Å². The standard InChI is InChI=1S/C17H15N3/c1-13-5-3-4-6-16(13)11-19-14(2)20-10-8-15-7-9-18-12-17(15)20/h3-12H,1H2,2H3/b16-11-,19-14+. The lowest BCUT2D eigenvalue weighted by molar-refractivity contribution is 1.18. The van der Waals surface area contributed by atoms with E-state index < -0.39 is 0 Å². The van der Waals surface area contributed by atoms with Gasteiger partial charge in [-0.25, -0.2) is 4.99 Å². The summed E-state index contributed by atoms with van der Waals surface area (Å²) >= 11 is 0. The van der Waals surface area contributed by atoms with E-state index in [0.717, 1.165) is 27.2 Å². The molecule has 0 unspecified atom stereocenters. The number of hydrogen-bond acceptors (Lipinski definition) is 2. The summed E-state index contributed by atoms with van der Waals surface area (Å²) in [6.07, 6.45) is 7.50. The Balaban J connectivity index is 2.07. The molecule has 3 heteroatoms. The predicted octanol–water partition coefficient (Wildman–Crippen LogP) is 2.15. The number of benzene rings is 1. The average molecular weight is 261 g/mol. The van der Waals surface area contributed by atoms with Crippen LogP contribution in [0.15, 0.2) is 60.0 Å². The molecule has 0 aliphatic carbocycles. The quantitative estimate of drug-likeness (QED) is 0.487. The van der Waals surface area contributed by atoms with E-state index in [4.69, 9.17) is 0 Å². The van der Waals surface area contributed by atoms with Crippen molar-refractivity contribution >= 4 is 29.5 Å². The van der Waals surface area contributed by atoms with Gasteiger partial charge in [-0.2, -0.15) is 0 Å². The molecule has 2 aromatic heterocycles. The molecular weight excluding hydrogens is 246 g/mol. The molecule has 0 saturated heterocycles. The maximum atomic E-state index is 4.53. The number of rotatable bonds is 1. The predicted molar refractivity (Wildman–Crippen MR) is 83.9 cm³/mol. The Morgan fingerprint density at radius 3 is 2.95 bits per heavy atom. The van der Waals surface area contributed by atoms with Crippen molar-refractivity contribution in [2.45, 2.75) is 6.92 Å². The summed E-state index contributed by atoms with van der Waals surface area (Å²) < 4.78 is 2.03. The van der Waals surface area contributed by atoms with Gasteiger partial charge in [0.05, 0.1) is 11.7 Å². The molecule has 0 saturated carbocycles. The molecule has 0 atom stereocenters. The van der Waals surface area contributed by atoms with Crippen molar-refractivity contribution in [1.29, 1.82) is 0 Å². The zero-order valence-electron chi connectivity index (χ0n) is 11.3. The van der Waals surface area contributed by atoms with E-state index in [0.29, 0.717) is 0 Å². The first kappa shape index (κ1) is 12.4. The van der Waals surface area contributed by atoms with Gasteiger partial charge < -0.3 is 4.57 Å². The van der Waals surface area contributed by atoms with Crippen LogP contribution in [-0.2, 0) is 0 Å². The number of nitrogens with zero attached hydrogens (tertiary/aromatic N) is 3. The van der Waals surface area contributed by atoms with E-state index in [2.05, 4.69) is 22.6 Å². The van der Waals surface area contributed by atoms with E-state index in [1.807, 2.05) is 60.4 Å². The highest BCUT2D eigenvalue weighted by Crippen LogP contribution is 2.13. The monoisotopic (exact) mass is 261 g/mol. The molecule has 98 valence electrons. The van der Waals surface area contributed by atoms with Crippen LogP contribution in [0.1, 0.15) is 6.92 Å². The van der Waals surface area contributed by atoms with Crippen molar-refractivity contribution in [3.8, 4) is 0 Å². The highest BCUT2D eigenvalue weighted by Gasteiger charge is 2.01. The molecule has 0 amide bonds. The molecule has 3 rings (SSSR count). The van der Waals surface area contributed by atoms with Gasteiger partial charge >= 0.3 is 0 Å². The molecule has 0 radical (unpaired) electrons. The van der Waals surface area contributed by atoms with Crippen LogP contribution in [0, 0.1) is 0 Å². The second kappa shape index (κ2) is 5.13. The van der Waals surface area contributed by atoms with Crippen molar-refractivity contribution in [3.05, 3.63) is 65.4 Å². The van der Waals surface area contributed by atoms with Crippen LogP contribution in [0.5, 0.6) is 0 Å². The van der Waals surface area contributed by atoms with Crippen LogP contribution in [0.25, 0.3) is 23.7 Å². The lowest BCUT2D eigenvalue weighted by atomic mass is 10.2. The van der Waals surface area contributed by atoms with Crippen LogP contribution in [0.3, 0.4) is 0 Å². The zero-order chi connectivity index (χ0) is 13.9. The Hall–Kier alpha value is -2.68. The highest BCUT2D eigenvalue weighted by molar-refractivity contribution is 5.94. The van der Waals surface area contributed by atoms with Gasteiger partial charge in [0.25, 0.3) is 0 Å². The fourth-order valence-electron chi connectivity index (χ4n) is 2.14. The minimum Gasteiger partial charge on any atom is -0.303 e. The van der Waals surface area contributed by atoms with Crippen LogP contribution < -0.4 is 10.4 Å². The molecule has 20 heavy (non-hydrogen) atoms. The van der Waals surface area contributed by atoms with Gasteiger partial charge in [-0.3, -0.25) is 4.98 Å². The second-order valence-corrected chi connectivity index (χ2v) is 4.62.